The number of hydrogen-bond acceptors (Lipinski definition) is 4. The van der Waals surface area contributed by atoms with Gasteiger partial charge in [0.25, 0.3) is 5.91 Å². The van der Waals surface area contributed by atoms with E-state index >= 15 is 0 Å². The molecule has 0 aliphatic carbocycles. The highest BCUT2D eigenvalue weighted by molar-refractivity contribution is 5.96. The third-order valence-electron chi connectivity index (χ3n) is 2.47. The third kappa shape index (κ3) is 1.87. The van der Waals surface area contributed by atoms with E-state index < -0.39 is 0 Å². The molecule has 0 saturated carbocycles. The molecule has 0 aromatic carbocycles. The van der Waals surface area contributed by atoms with Gasteiger partial charge in [-0.15, -0.1) is 0 Å². The predicted molar refractivity (Wildman–Crippen MR) is 52.7 cm³/mol. The Labute approximate surface area is 87.8 Å². The lowest BCUT2D eigenvalue weighted by Gasteiger charge is -2.26. The van der Waals surface area contributed by atoms with Crippen molar-refractivity contribution >= 4 is 5.91 Å². The molecule has 82 valence electrons. The van der Waals surface area contributed by atoms with Crippen molar-refractivity contribution in [3.05, 3.63) is 17.0 Å². The van der Waals surface area contributed by atoms with Gasteiger partial charge < -0.3 is 14.6 Å². The van der Waals surface area contributed by atoms with Gasteiger partial charge in [-0.25, -0.2) is 0 Å². The van der Waals surface area contributed by atoms with E-state index in [9.17, 15) is 4.79 Å². The highest BCUT2D eigenvalue weighted by atomic mass is 16.5. The van der Waals surface area contributed by atoms with Crippen molar-refractivity contribution in [1.29, 1.82) is 0 Å². The van der Waals surface area contributed by atoms with Crippen LogP contribution in [-0.4, -0.2) is 30.3 Å². The minimum absolute atomic E-state index is 0.112. The second-order valence-electron chi connectivity index (χ2n) is 3.62. The summed E-state index contributed by atoms with van der Waals surface area (Å²) in [4.78, 5) is 11.8. The fourth-order valence-corrected chi connectivity index (χ4v) is 1.53. The zero-order valence-electron chi connectivity index (χ0n) is 8.87. The van der Waals surface area contributed by atoms with Crippen LogP contribution in [-0.2, 0) is 11.2 Å². The monoisotopic (exact) mass is 210 g/mol. The molecule has 15 heavy (non-hydrogen) atoms. The van der Waals surface area contributed by atoms with Crippen LogP contribution < -0.4 is 5.32 Å². The molecule has 5 heteroatoms. The van der Waals surface area contributed by atoms with Gasteiger partial charge in [0.05, 0.1) is 24.9 Å². The standard InChI is InChI=1S/C10H14N2O3/c1-3-8-9(6(2)15-12-8)10(13)11-7-4-14-5-7/h7H,3-5H2,1-2H3,(H,11,13). The molecule has 1 saturated heterocycles. The van der Waals surface area contributed by atoms with Crippen molar-refractivity contribution in [3.63, 3.8) is 0 Å². The molecule has 0 bridgehead atoms. The smallest absolute Gasteiger partial charge is 0.257 e. The number of nitrogens with zero attached hydrogens (tertiary/aromatic N) is 1. The second-order valence-corrected chi connectivity index (χ2v) is 3.62. The number of aryl methyl sites for hydroxylation is 2. The number of hydrogen-bond donors (Lipinski definition) is 1. The van der Waals surface area contributed by atoms with Crippen LogP contribution in [0.25, 0.3) is 0 Å². The number of nitrogens with one attached hydrogen (secondary N) is 1. The lowest BCUT2D eigenvalue weighted by molar-refractivity contribution is -0.00350. The molecular formula is C10H14N2O3. The first kappa shape index (κ1) is 10.2. The van der Waals surface area contributed by atoms with Gasteiger partial charge in [0.2, 0.25) is 0 Å². The highest BCUT2D eigenvalue weighted by Gasteiger charge is 2.25. The van der Waals surface area contributed by atoms with E-state index in [1.807, 2.05) is 6.92 Å². The van der Waals surface area contributed by atoms with E-state index in [1.54, 1.807) is 6.92 Å². The van der Waals surface area contributed by atoms with Crippen LogP contribution >= 0.6 is 0 Å². The maximum absolute atomic E-state index is 11.8. The summed E-state index contributed by atoms with van der Waals surface area (Å²) < 4.78 is 9.98. The summed E-state index contributed by atoms with van der Waals surface area (Å²) in [7, 11) is 0. The number of carbonyl (C=O) groups excluding carboxylic acids is 1. The predicted octanol–water partition coefficient (Wildman–Crippen LogP) is 0.674. The van der Waals surface area contributed by atoms with Crippen molar-refractivity contribution in [2.45, 2.75) is 26.3 Å². The first-order chi connectivity index (χ1) is 7.22. The Balaban J connectivity index is 2.12. The lowest BCUT2D eigenvalue weighted by atomic mass is 10.1. The summed E-state index contributed by atoms with van der Waals surface area (Å²) in [5, 5.41) is 6.71. The topological polar surface area (TPSA) is 64.4 Å². The normalized spacial score (nSPS) is 16.1. The van der Waals surface area contributed by atoms with Crippen molar-refractivity contribution in [3.8, 4) is 0 Å². The summed E-state index contributed by atoms with van der Waals surface area (Å²) in [6.07, 6.45) is 0.696. The third-order valence-corrected chi connectivity index (χ3v) is 2.47. The number of carbonyl (C=O) groups is 1. The second kappa shape index (κ2) is 4.02. The Kier molecular flexibility index (Phi) is 2.73. The molecule has 0 radical (unpaired) electrons. The van der Waals surface area contributed by atoms with Gasteiger partial charge in [-0.05, 0) is 13.3 Å². The van der Waals surface area contributed by atoms with Crippen LogP contribution in [0.5, 0.6) is 0 Å². The van der Waals surface area contributed by atoms with E-state index in [2.05, 4.69) is 10.5 Å². The van der Waals surface area contributed by atoms with Crippen LogP contribution in [0.3, 0.4) is 0 Å². The summed E-state index contributed by atoms with van der Waals surface area (Å²) in [6.45, 7) is 4.88. The highest BCUT2D eigenvalue weighted by Crippen LogP contribution is 2.14. The fraction of sp³-hybridized carbons (Fsp3) is 0.600. The molecule has 1 fully saturated rings. The van der Waals surface area contributed by atoms with Gasteiger partial charge in [-0.2, -0.15) is 0 Å². The minimum atomic E-state index is -0.112. The first-order valence-corrected chi connectivity index (χ1v) is 5.06. The fourth-order valence-electron chi connectivity index (χ4n) is 1.53. The van der Waals surface area contributed by atoms with Crippen LogP contribution in [0, 0.1) is 6.92 Å². The molecule has 0 unspecified atom stereocenters. The maximum atomic E-state index is 11.8. The van der Waals surface area contributed by atoms with E-state index in [4.69, 9.17) is 9.26 Å². The quantitative estimate of drug-likeness (QED) is 0.796. The summed E-state index contributed by atoms with van der Waals surface area (Å²) in [5.41, 5.74) is 1.29. The van der Waals surface area contributed by atoms with Gasteiger partial charge in [0.15, 0.2) is 0 Å². The average Bonchev–Trinajstić information content (AvgIpc) is 2.53. The van der Waals surface area contributed by atoms with Crippen LogP contribution in [0.4, 0.5) is 0 Å². The number of aromatic nitrogens is 1. The molecular weight excluding hydrogens is 196 g/mol. The lowest BCUT2D eigenvalue weighted by Crippen LogP contribution is -2.48. The van der Waals surface area contributed by atoms with Gasteiger partial charge in [0.1, 0.15) is 11.3 Å². The Hall–Kier alpha value is -1.36. The van der Waals surface area contributed by atoms with Crippen molar-refractivity contribution in [1.82, 2.24) is 10.5 Å². The molecule has 1 amide bonds. The number of amides is 1. The van der Waals surface area contributed by atoms with Crippen molar-refractivity contribution in [2.24, 2.45) is 0 Å². The Morgan fingerprint density at radius 2 is 2.33 bits per heavy atom. The molecule has 1 aromatic heterocycles. The molecule has 0 atom stereocenters. The SMILES string of the molecule is CCc1noc(C)c1C(=O)NC1COC1. The summed E-state index contributed by atoms with van der Waals surface area (Å²) in [6, 6.07) is 0.136. The van der Waals surface area contributed by atoms with E-state index in [-0.39, 0.29) is 11.9 Å². The maximum Gasteiger partial charge on any atom is 0.257 e. The van der Waals surface area contributed by atoms with Crippen LogP contribution in [0.1, 0.15) is 28.7 Å². The van der Waals surface area contributed by atoms with Crippen LogP contribution in [0.15, 0.2) is 4.52 Å². The first-order valence-electron chi connectivity index (χ1n) is 5.06. The molecule has 0 spiro atoms. The zero-order valence-corrected chi connectivity index (χ0v) is 8.87. The molecule has 5 nitrogen and oxygen atoms in total. The molecule has 2 heterocycles. The van der Waals surface area contributed by atoms with Gasteiger partial charge in [-0.3, -0.25) is 4.79 Å². The Bertz CT molecular complexity index is 369. The van der Waals surface area contributed by atoms with Gasteiger partial charge in [-0.1, -0.05) is 12.1 Å². The zero-order chi connectivity index (χ0) is 10.8. The largest absolute Gasteiger partial charge is 0.377 e. The van der Waals surface area contributed by atoms with Gasteiger partial charge in [0, 0.05) is 0 Å². The van der Waals surface area contributed by atoms with Crippen molar-refractivity contribution in [2.75, 3.05) is 13.2 Å². The number of rotatable bonds is 3. The molecule has 1 aliphatic heterocycles. The number of ether oxygens (including phenoxy) is 1. The van der Waals surface area contributed by atoms with Crippen molar-refractivity contribution < 1.29 is 14.1 Å². The summed E-state index contributed by atoms with van der Waals surface area (Å²) >= 11 is 0. The van der Waals surface area contributed by atoms with E-state index in [1.165, 1.54) is 0 Å². The van der Waals surface area contributed by atoms with E-state index in [0.717, 1.165) is 0 Å². The minimum Gasteiger partial charge on any atom is -0.377 e. The summed E-state index contributed by atoms with van der Waals surface area (Å²) in [5.74, 6) is 0.462. The van der Waals surface area contributed by atoms with E-state index in [0.29, 0.717) is 36.7 Å². The molecule has 1 aromatic rings. The Morgan fingerprint density at radius 3 is 2.87 bits per heavy atom. The molecule has 1 aliphatic rings. The van der Waals surface area contributed by atoms with Crippen LogP contribution in [0.2, 0.25) is 0 Å². The molecule has 1 N–H and O–H groups in total. The Morgan fingerprint density at radius 1 is 1.60 bits per heavy atom. The molecule has 2 rings (SSSR count). The van der Waals surface area contributed by atoms with Gasteiger partial charge >= 0.3 is 0 Å². The average molecular weight is 210 g/mol.